The minimum Gasteiger partial charge on any atom is -0.366 e. The van der Waals surface area contributed by atoms with E-state index in [-0.39, 0.29) is 5.91 Å². The molecule has 0 radical (unpaired) electrons. The van der Waals surface area contributed by atoms with Gasteiger partial charge in [0.2, 0.25) is 11.8 Å². The summed E-state index contributed by atoms with van der Waals surface area (Å²) in [5.74, 6) is -0.570. The number of carbonyl (C=O) groups excluding carboxylic acids is 2. The van der Waals surface area contributed by atoms with Crippen LogP contribution in [-0.4, -0.2) is 18.4 Å². The number of hydrogen-bond acceptors (Lipinski definition) is 3. The van der Waals surface area contributed by atoms with Gasteiger partial charge in [0.1, 0.15) is 0 Å². The molecule has 0 aliphatic rings. The Morgan fingerprint density at radius 1 is 1.28 bits per heavy atom. The van der Waals surface area contributed by atoms with E-state index in [0.29, 0.717) is 29.8 Å². The predicted molar refractivity (Wildman–Crippen MR) is 71.2 cm³/mol. The van der Waals surface area contributed by atoms with Gasteiger partial charge in [0, 0.05) is 17.7 Å². The summed E-state index contributed by atoms with van der Waals surface area (Å²) in [4.78, 5) is 22.8. The van der Waals surface area contributed by atoms with Crippen LogP contribution >= 0.6 is 0 Å². The van der Waals surface area contributed by atoms with Crippen molar-refractivity contribution < 1.29 is 9.59 Å². The Bertz CT molecular complexity index is 444. The van der Waals surface area contributed by atoms with Crippen molar-refractivity contribution in [3.05, 3.63) is 29.3 Å². The summed E-state index contributed by atoms with van der Waals surface area (Å²) < 4.78 is 0. The number of nitrogens with two attached hydrogens (primary N) is 2. The van der Waals surface area contributed by atoms with Crippen LogP contribution in [0.1, 0.15) is 35.2 Å². The van der Waals surface area contributed by atoms with E-state index in [1.807, 2.05) is 0 Å². The van der Waals surface area contributed by atoms with Gasteiger partial charge in [-0.25, -0.2) is 0 Å². The normalized spacial score (nSPS) is 10.1. The van der Waals surface area contributed by atoms with E-state index in [1.54, 1.807) is 25.1 Å². The minimum atomic E-state index is -0.494. The third-order valence-electron chi connectivity index (χ3n) is 2.73. The summed E-state index contributed by atoms with van der Waals surface area (Å²) in [7, 11) is 0. The number of hydrogen-bond donors (Lipinski definition) is 3. The standard InChI is InChI=1S/C13H19N3O2/c1-9-10(13(15)18)5-4-6-11(9)16-12(17)7-2-3-8-14/h4-6H,2-3,7-8,14H2,1H3,(H2,15,18)(H,16,17). The number of anilines is 1. The van der Waals surface area contributed by atoms with E-state index in [2.05, 4.69) is 5.32 Å². The molecule has 98 valence electrons. The second-order valence-electron chi connectivity index (χ2n) is 4.14. The Hall–Kier alpha value is -1.88. The molecule has 5 heteroatoms. The topological polar surface area (TPSA) is 98.2 Å². The molecule has 0 atom stereocenters. The maximum absolute atomic E-state index is 11.7. The average molecular weight is 249 g/mol. The smallest absolute Gasteiger partial charge is 0.249 e. The molecule has 0 saturated heterocycles. The zero-order chi connectivity index (χ0) is 13.5. The molecule has 18 heavy (non-hydrogen) atoms. The van der Waals surface area contributed by atoms with Gasteiger partial charge in [-0.1, -0.05) is 6.07 Å². The van der Waals surface area contributed by atoms with Crippen LogP contribution in [0.2, 0.25) is 0 Å². The van der Waals surface area contributed by atoms with Crippen molar-refractivity contribution >= 4 is 17.5 Å². The average Bonchev–Trinajstić information content (AvgIpc) is 2.32. The number of nitrogens with one attached hydrogen (secondary N) is 1. The largest absolute Gasteiger partial charge is 0.366 e. The molecule has 0 heterocycles. The summed E-state index contributed by atoms with van der Waals surface area (Å²) in [6.45, 7) is 2.35. The monoisotopic (exact) mass is 249 g/mol. The quantitative estimate of drug-likeness (QED) is 0.660. The van der Waals surface area contributed by atoms with Crippen LogP contribution in [0.4, 0.5) is 5.69 Å². The Morgan fingerprint density at radius 2 is 2.00 bits per heavy atom. The molecule has 0 aliphatic heterocycles. The van der Waals surface area contributed by atoms with Gasteiger partial charge in [-0.2, -0.15) is 0 Å². The number of rotatable bonds is 6. The van der Waals surface area contributed by atoms with Gasteiger partial charge >= 0.3 is 0 Å². The lowest BCUT2D eigenvalue weighted by atomic mass is 10.1. The van der Waals surface area contributed by atoms with E-state index >= 15 is 0 Å². The molecule has 1 aromatic carbocycles. The van der Waals surface area contributed by atoms with Crippen LogP contribution in [0.5, 0.6) is 0 Å². The molecule has 1 aromatic rings. The highest BCUT2D eigenvalue weighted by atomic mass is 16.2. The highest BCUT2D eigenvalue weighted by Gasteiger charge is 2.10. The van der Waals surface area contributed by atoms with Crippen LogP contribution in [0.3, 0.4) is 0 Å². The van der Waals surface area contributed by atoms with Crippen molar-refractivity contribution in [1.29, 1.82) is 0 Å². The second kappa shape index (κ2) is 6.76. The minimum absolute atomic E-state index is 0.0758. The van der Waals surface area contributed by atoms with Crippen molar-refractivity contribution in [1.82, 2.24) is 0 Å². The van der Waals surface area contributed by atoms with E-state index < -0.39 is 5.91 Å². The molecule has 0 spiro atoms. The first-order chi connectivity index (χ1) is 8.56. The van der Waals surface area contributed by atoms with E-state index in [0.717, 1.165) is 12.8 Å². The van der Waals surface area contributed by atoms with Gasteiger partial charge in [-0.3, -0.25) is 9.59 Å². The molecule has 0 fully saturated rings. The van der Waals surface area contributed by atoms with E-state index in [1.165, 1.54) is 0 Å². The van der Waals surface area contributed by atoms with Gasteiger partial charge < -0.3 is 16.8 Å². The number of benzene rings is 1. The van der Waals surface area contributed by atoms with E-state index in [9.17, 15) is 9.59 Å². The van der Waals surface area contributed by atoms with Gasteiger partial charge in [0.25, 0.3) is 0 Å². The van der Waals surface area contributed by atoms with Crippen LogP contribution in [-0.2, 0) is 4.79 Å². The fourth-order valence-corrected chi connectivity index (χ4v) is 1.68. The maximum atomic E-state index is 11.7. The molecule has 5 nitrogen and oxygen atoms in total. The molecule has 0 aromatic heterocycles. The zero-order valence-electron chi connectivity index (χ0n) is 10.5. The summed E-state index contributed by atoms with van der Waals surface area (Å²) in [6.07, 6.45) is 2.02. The third kappa shape index (κ3) is 3.85. The van der Waals surface area contributed by atoms with Gasteiger partial charge in [-0.15, -0.1) is 0 Å². The molecule has 5 N–H and O–H groups in total. The summed E-state index contributed by atoms with van der Waals surface area (Å²) in [5.41, 5.74) is 12.4. The van der Waals surface area contributed by atoms with Crippen molar-refractivity contribution in [2.75, 3.05) is 11.9 Å². The van der Waals surface area contributed by atoms with Crippen LogP contribution in [0, 0.1) is 6.92 Å². The molecular weight excluding hydrogens is 230 g/mol. The SMILES string of the molecule is Cc1c(NC(=O)CCCCN)cccc1C(N)=O. The molecule has 2 amide bonds. The van der Waals surface area contributed by atoms with Gasteiger partial charge in [0.05, 0.1) is 0 Å². The molecule has 0 aliphatic carbocycles. The first-order valence-corrected chi connectivity index (χ1v) is 5.95. The van der Waals surface area contributed by atoms with Gasteiger partial charge in [-0.05, 0) is 44.0 Å². The van der Waals surface area contributed by atoms with Crippen molar-refractivity contribution in [3.63, 3.8) is 0 Å². The van der Waals surface area contributed by atoms with E-state index in [4.69, 9.17) is 11.5 Å². The first kappa shape index (κ1) is 14.2. The third-order valence-corrected chi connectivity index (χ3v) is 2.73. The van der Waals surface area contributed by atoms with Crippen LogP contribution in [0.25, 0.3) is 0 Å². The Labute approximate surface area is 107 Å². The summed E-state index contributed by atoms with van der Waals surface area (Å²) in [6, 6.07) is 5.09. The highest BCUT2D eigenvalue weighted by molar-refractivity contribution is 5.98. The lowest BCUT2D eigenvalue weighted by Crippen LogP contribution is -2.16. The lowest BCUT2D eigenvalue weighted by molar-refractivity contribution is -0.116. The fourth-order valence-electron chi connectivity index (χ4n) is 1.68. The zero-order valence-corrected chi connectivity index (χ0v) is 10.5. The Kier molecular flexibility index (Phi) is 5.32. The molecule has 0 unspecified atom stereocenters. The first-order valence-electron chi connectivity index (χ1n) is 5.95. The number of amides is 2. The predicted octanol–water partition coefficient (Wildman–Crippen LogP) is 1.16. The van der Waals surface area contributed by atoms with Crippen molar-refractivity contribution in [2.24, 2.45) is 11.5 Å². The van der Waals surface area contributed by atoms with Gasteiger partial charge in [0.15, 0.2) is 0 Å². The van der Waals surface area contributed by atoms with Crippen molar-refractivity contribution in [3.8, 4) is 0 Å². The molecule has 0 bridgehead atoms. The molecule has 0 saturated carbocycles. The second-order valence-corrected chi connectivity index (χ2v) is 4.14. The van der Waals surface area contributed by atoms with Crippen molar-refractivity contribution in [2.45, 2.75) is 26.2 Å². The summed E-state index contributed by atoms with van der Waals surface area (Å²) in [5, 5.41) is 2.78. The number of unbranched alkanes of at least 4 members (excludes halogenated alkanes) is 1. The highest BCUT2D eigenvalue weighted by Crippen LogP contribution is 2.18. The Balaban J connectivity index is 2.70. The Morgan fingerprint density at radius 3 is 2.61 bits per heavy atom. The maximum Gasteiger partial charge on any atom is 0.249 e. The molecule has 1 rings (SSSR count). The molecular formula is C13H19N3O2. The fraction of sp³-hybridized carbons (Fsp3) is 0.385. The lowest BCUT2D eigenvalue weighted by Gasteiger charge is -2.10. The summed E-state index contributed by atoms with van der Waals surface area (Å²) >= 11 is 0. The van der Waals surface area contributed by atoms with Crippen LogP contribution < -0.4 is 16.8 Å². The van der Waals surface area contributed by atoms with Crippen LogP contribution in [0.15, 0.2) is 18.2 Å². The number of primary amides is 1. The number of carbonyl (C=O) groups is 2.